The van der Waals surface area contributed by atoms with Crippen LogP contribution in [0.4, 0.5) is 8.78 Å². The highest BCUT2D eigenvalue weighted by Crippen LogP contribution is 2.24. The lowest BCUT2D eigenvalue weighted by molar-refractivity contribution is -0.0499. The summed E-state index contributed by atoms with van der Waals surface area (Å²) in [7, 11) is 0. The quantitative estimate of drug-likeness (QED) is 0.736. The van der Waals surface area contributed by atoms with Crippen LogP contribution >= 0.6 is 0 Å². The molecular weight excluding hydrogens is 198 g/mol. The van der Waals surface area contributed by atoms with Crippen molar-refractivity contribution in [2.24, 2.45) is 0 Å². The van der Waals surface area contributed by atoms with E-state index in [0.29, 0.717) is 5.92 Å². The standard InChI is InChI=1S/C12H16F2O/c1-4-9-5-10(8(2)3)7-11(6-9)15-12(13)14/h5-8,12H,4H2,1-3H3. The first kappa shape index (κ1) is 12.0. The zero-order valence-corrected chi connectivity index (χ0v) is 9.26. The molecule has 0 bridgehead atoms. The third-order valence-corrected chi connectivity index (χ3v) is 2.29. The molecule has 0 aromatic heterocycles. The van der Waals surface area contributed by atoms with Gasteiger partial charge in [-0.3, -0.25) is 0 Å². The smallest absolute Gasteiger partial charge is 0.387 e. The molecule has 0 saturated carbocycles. The van der Waals surface area contributed by atoms with E-state index in [4.69, 9.17) is 0 Å². The molecule has 1 nitrogen and oxygen atoms in total. The topological polar surface area (TPSA) is 9.23 Å². The van der Waals surface area contributed by atoms with Crippen LogP contribution in [0, 0.1) is 0 Å². The molecule has 0 aliphatic rings. The van der Waals surface area contributed by atoms with Gasteiger partial charge in [-0.15, -0.1) is 0 Å². The minimum absolute atomic E-state index is 0.257. The number of halogens is 2. The van der Waals surface area contributed by atoms with Crippen LogP contribution in [0.15, 0.2) is 18.2 Å². The number of rotatable bonds is 4. The number of benzene rings is 1. The first-order chi connectivity index (χ1) is 7.02. The van der Waals surface area contributed by atoms with Crippen molar-refractivity contribution in [3.8, 4) is 5.75 Å². The van der Waals surface area contributed by atoms with E-state index in [1.165, 1.54) is 0 Å². The van der Waals surface area contributed by atoms with E-state index >= 15 is 0 Å². The maximum absolute atomic E-state index is 12.1. The number of ether oxygens (including phenoxy) is 1. The molecule has 0 saturated heterocycles. The van der Waals surface area contributed by atoms with Crippen LogP contribution < -0.4 is 4.74 Å². The van der Waals surface area contributed by atoms with Gasteiger partial charge in [0.25, 0.3) is 0 Å². The zero-order chi connectivity index (χ0) is 11.4. The van der Waals surface area contributed by atoms with Crippen LogP contribution in [0.3, 0.4) is 0 Å². The molecule has 0 aliphatic heterocycles. The lowest BCUT2D eigenvalue weighted by Crippen LogP contribution is -2.03. The number of hydrogen-bond acceptors (Lipinski definition) is 1. The van der Waals surface area contributed by atoms with Crippen molar-refractivity contribution in [1.82, 2.24) is 0 Å². The van der Waals surface area contributed by atoms with Crippen LogP contribution in [0.25, 0.3) is 0 Å². The first-order valence-electron chi connectivity index (χ1n) is 5.11. The molecule has 0 spiro atoms. The predicted octanol–water partition coefficient (Wildman–Crippen LogP) is 3.97. The van der Waals surface area contributed by atoms with E-state index in [9.17, 15) is 8.78 Å². The molecule has 0 unspecified atom stereocenters. The second kappa shape index (κ2) is 5.10. The Bertz CT molecular complexity index is 321. The van der Waals surface area contributed by atoms with Crippen LogP contribution in [-0.4, -0.2) is 6.61 Å². The van der Waals surface area contributed by atoms with Gasteiger partial charge in [-0.2, -0.15) is 8.78 Å². The Morgan fingerprint density at radius 2 is 1.87 bits per heavy atom. The van der Waals surface area contributed by atoms with Gasteiger partial charge in [0, 0.05) is 0 Å². The maximum atomic E-state index is 12.1. The molecule has 0 fully saturated rings. The summed E-state index contributed by atoms with van der Waals surface area (Å²) in [6, 6.07) is 5.37. The molecule has 0 amide bonds. The second-order valence-corrected chi connectivity index (χ2v) is 3.80. The monoisotopic (exact) mass is 214 g/mol. The van der Waals surface area contributed by atoms with E-state index < -0.39 is 6.61 Å². The lowest BCUT2D eigenvalue weighted by Gasteiger charge is -2.11. The van der Waals surface area contributed by atoms with Crippen molar-refractivity contribution >= 4 is 0 Å². The van der Waals surface area contributed by atoms with Crippen molar-refractivity contribution in [3.63, 3.8) is 0 Å². The Balaban J connectivity index is 3.00. The van der Waals surface area contributed by atoms with Crippen molar-refractivity contribution in [2.75, 3.05) is 0 Å². The molecule has 0 radical (unpaired) electrons. The van der Waals surface area contributed by atoms with Gasteiger partial charge < -0.3 is 4.74 Å². The molecule has 84 valence electrons. The van der Waals surface area contributed by atoms with Crippen molar-refractivity contribution < 1.29 is 13.5 Å². The van der Waals surface area contributed by atoms with E-state index in [0.717, 1.165) is 17.5 Å². The van der Waals surface area contributed by atoms with Gasteiger partial charge in [-0.25, -0.2) is 0 Å². The maximum Gasteiger partial charge on any atom is 0.387 e. The summed E-state index contributed by atoms with van der Waals surface area (Å²) >= 11 is 0. The molecule has 0 N–H and O–H groups in total. The molecule has 1 aromatic rings. The molecule has 1 rings (SSSR count). The minimum Gasteiger partial charge on any atom is -0.435 e. The highest BCUT2D eigenvalue weighted by atomic mass is 19.3. The van der Waals surface area contributed by atoms with Gasteiger partial charge in [-0.05, 0) is 35.6 Å². The normalized spacial score (nSPS) is 11.1. The summed E-state index contributed by atoms with van der Waals surface area (Å²) in [5.74, 6) is 0.574. The SMILES string of the molecule is CCc1cc(OC(F)F)cc(C(C)C)c1. The number of alkyl halides is 2. The summed E-state index contributed by atoms with van der Waals surface area (Å²) in [5, 5.41) is 0. The van der Waals surface area contributed by atoms with E-state index in [1.54, 1.807) is 12.1 Å². The summed E-state index contributed by atoms with van der Waals surface area (Å²) < 4.78 is 28.5. The summed E-state index contributed by atoms with van der Waals surface area (Å²) in [5.41, 5.74) is 2.06. The fraction of sp³-hybridized carbons (Fsp3) is 0.500. The van der Waals surface area contributed by atoms with Crippen molar-refractivity contribution in [2.45, 2.75) is 39.7 Å². The highest BCUT2D eigenvalue weighted by Gasteiger charge is 2.08. The third kappa shape index (κ3) is 3.50. The van der Waals surface area contributed by atoms with Crippen LogP contribution in [-0.2, 0) is 6.42 Å². The fourth-order valence-electron chi connectivity index (χ4n) is 1.39. The van der Waals surface area contributed by atoms with Crippen molar-refractivity contribution in [3.05, 3.63) is 29.3 Å². The van der Waals surface area contributed by atoms with E-state index in [1.807, 2.05) is 26.8 Å². The third-order valence-electron chi connectivity index (χ3n) is 2.29. The number of aryl methyl sites for hydroxylation is 1. The Morgan fingerprint density at radius 3 is 2.33 bits per heavy atom. The molecule has 15 heavy (non-hydrogen) atoms. The lowest BCUT2D eigenvalue weighted by atomic mass is 9.99. The average Bonchev–Trinajstić information content (AvgIpc) is 2.16. The Hall–Kier alpha value is -1.12. The van der Waals surface area contributed by atoms with Gasteiger partial charge in [-0.1, -0.05) is 26.8 Å². The summed E-state index contributed by atoms with van der Waals surface area (Å²) in [4.78, 5) is 0. The van der Waals surface area contributed by atoms with Gasteiger partial charge in [0.2, 0.25) is 0 Å². The Morgan fingerprint density at radius 1 is 1.20 bits per heavy atom. The van der Waals surface area contributed by atoms with Gasteiger partial charge in [0.1, 0.15) is 5.75 Å². The second-order valence-electron chi connectivity index (χ2n) is 3.80. The van der Waals surface area contributed by atoms with E-state index in [-0.39, 0.29) is 5.75 Å². The summed E-state index contributed by atoms with van der Waals surface area (Å²) in [6.07, 6.45) is 0.820. The zero-order valence-electron chi connectivity index (χ0n) is 9.26. The average molecular weight is 214 g/mol. The van der Waals surface area contributed by atoms with Gasteiger partial charge in [0.05, 0.1) is 0 Å². The highest BCUT2D eigenvalue weighted by molar-refractivity contribution is 5.36. The fourth-order valence-corrected chi connectivity index (χ4v) is 1.39. The molecule has 0 heterocycles. The molecule has 0 aliphatic carbocycles. The van der Waals surface area contributed by atoms with Crippen LogP contribution in [0.5, 0.6) is 5.75 Å². The first-order valence-corrected chi connectivity index (χ1v) is 5.11. The Kier molecular flexibility index (Phi) is 4.06. The molecule has 3 heteroatoms. The molecule has 1 aromatic carbocycles. The molecular formula is C12H16F2O. The molecule has 0 atom stereocenters. The number of hydrogen-bond donors (Lipinski definition) is 0. The Labute approximate surface area is 89.1 Å². The van der Waals surface area contributed by atoms with Gasteiger partial charge >= 0.3 is 6.61 Å². The minimum atomic E-state index is -2.75. The predicted molar refractivity (Wildman–Crippen MR) is 56.5 cm³/mol. The van der Waals surface area contributed by atoms with Gasteiger partial charge in [0.15, 0.2) is 0 Å². The largest absolute Gasteiger partial charge is 0.435 e. The van der Waals surface area contributed by atoms with Crippen LogP contribution in [0.1, 0.15) is 37.8 Å². The van der Waals surface area contributed by atoms with E-state index in [2.05, 4.69) is 4.74 Å². The van der Waals surface area contributed by atoms with Crippen molar-refractivity contribution in [1.29, 1.82) is 0 Å². The summed E-state index contributed by atoms with van der Waals surface area (Å²) in [6.45, 7) is 3.30. The van der Waals surface area contributed by atoms with Crippen LogP contribution in [0.2, 0.25) is 0 Å².